The van der Waals surface area contributed by atoms with E-state index in [4.69, 9.17) is 9.79 Å². The van der Waals surface area contributed by atoms with E-state index in [1.54, 1.807) is 0 Å². The third kappa shape index (κ3) is 1.64. The van der Waals surface area contributed by atoms with Gasteiger partial charge in [0.25, 0.3) is 0 Å². The second kappa shape index (κ2) is 2.50. The number of nitrogens with zero attached hydrogens (tertiary/aromatic N) is 1. The molecule has 0 bridgehead atoms. The van der Waals surface area contributed by atoms with Crippen LogP contribution >= 0.6 is 7.60 Å². The molecule has 0 aliphatic heterocycles. The monoisotopic (exact) mass is 158 g/mol. The van der Waals surface area contributed by atoms with Gasteiger partial charge in [-0.1, -0.05) is 0 Å². The van der Waals surface area contributed by atoms with Crippen molar-refractivity contribution in [3.8, 4) is 0 Å². The lowest BCUT2D eigenvalue weighted by molar-refractivity contribution is 0.387. The Morgan fingerprint density at radius 1 is 1.60 bits per heavy atom. The van der Waals surface area contributed by atoms with Crippen LogP contribution < -0.4 is 5.30 Å². The fourth-order valence-corrected chi connectivity index (χ4v) is 0.976. The predicted octanol–water partition coefficient (Wildman–Crippen LogP) is -0.315. The van der Waals surface area contributed by atoms with Gasteiger partial charge in [0.15, 0.2) is 0 Å². The summed E-state index contributed by atoms with van der Waals surface area (Å²) in [6.07, 6.45) is 3.61. The van der Waals surface area contributed by atoms with Crippen molar-refractivity contribution >= 4 is 12.9 Å². The zero-order chi connectivity index (χ0) is 7.61. The highest BCUT2D eigenvalue weighted by molar-refractivity contribution is 7.60. The minimum absolute atomic E-state index is 0.0532. The van der Waals surface area contributed by atoms with Crippen LogP contribution in [0.3, 0.4) is 0 Å². The fraction of sp³-hybridized carbons (Fsp3) is 0. The summed E-state index contributed by atoms with van der Waals surface area (Å²) < 4.78 is 10.5. The van der Waals surface area contributed by atoms with Crippen LogP contribution in [0.5, 0.6) is 0 Å². The van der Waals surface area contributed by atoms with Crippen molar-refractivity contribution in [1.29, 1.82) is 0 Å². The number of rotatable bonds is 1. The quantitative estimate of drug-likeness (QED) is 0.549. The first-order chi connectivity index (χ1) is 4.61. The van der Waals surface area contributed by atoms with Crippen molar-refractivity contribution < 1.29 is 14.4 Å². The summed E-state index contributed by atoms with van der Waals surface area (Å²) >= 11 is 0. The van der Waals surface area contributed by atoms with Gasteiger partial charge in [0.1, 0.15) is 0 Å². The molecule has 0 unspecified atom stereocenters. The van der Waals surface area contributed by atoms with Gasteiger partial charge < -0.3 is 9.79 Å². The van der Waals surface area contributed by atoms with Crippen molar-refractivity contribution in [2.45, 2.75) is 0 Å². The normalized spacial score (nSPS) is 11.4. The van der Waals surface area contributed by atoms with Crippen LogP contribution in [0.25, 0.3) is 0 Å². The second-order valence-corrected chi connectivity index (χ2v) is 3.29. The van der Waals surface area contributed by atoms with Gasteiger partial charge >= 0.3 is 7.60 Å². The Morgan fingerprint density at radius 3 is 2.60 bits per heavy atom. The lowest BCUT2D eigenvalue weighted by Crippen LogP contribution is -2.02. The van der Waals surface area contributed by atoms with E-state index < -0.39 is 7.60 Å². The van der Waals surface area contributed by atoms with Crippen molar-refractivity contribution in [1.82, 2.24) is 4.98 Å². The van der Waals surface area contributed by atoms with Crippen molar-refractivity contribution in [3.05, 3.63) is 24.5 Å². The van der Waals surface area contributed by atoms with Gasteiger partial charge in [-0.05, 0) is 12.1 Å². The summed E-state index contributed by atoms with van der Waals surface area (Å²) in [4.78, 5) is 20.6. The second-order valence-electron chi connectivity index (χ2n) is 1.69. The minimum Gasteiger partial charge on any atom is -0.321 e. The van der Waals surface area contributed by atoms with E-state index in [9.17, 15) is 4.57 Å². The Kier molecular flexibility index (Phi) is 1.85. The molecule has 1 radical (unpaired) electrons. The predicted molar refractivity (Wildman–Crippen MR) is 34.8 cm³/mol. The summed E-state index contributed by atoms with van der Waals surface area (Å²) in [5.41, 5.74) is 0. The topological polar surface area (TPSA) is 70.4 Å². The lowest BCUT2D eigenvalue weighted by Gasteiger charge is -1.99. The molecule has 53 valence electrons. The Labute approximate surface area is 57.7 Å². The molecule has 0 atom stereocenters. The molecule has 0 spiro atoms. The molecule has 0 saturated carbocycles. The van der Waals surface area contributed by atoms with Crippen LogP contribution in [-0.4, -0.2) is 14.8 Å². The highest BCUT2D eigenvalue weighted by atomic mass is 31.2. The van der Waals surface area contributed by atoms with E-state index >= 15 is 0 Å². The summed E-state index contributed by atoms with van der Waals surface area (Å²) in [7, 11) is -4.09. The third-order valence-electron chi connectivity index (χ3n) is 0.943. The van der Waals surface area contributed by atoms with Crippen molar-refractivity contribution in [2.75, 3.05) is 0 Å². The van der Waals surface area contributed by atoms with E-state index in [-0.39, 0.29) is 5.30 Å². The van der Waals surface area contributed by atoms with E-state index in [1.165, 1.54) is 18.3 Å². The molecule has 0 amide bonds. The van der Waals surface area contributed by atoms with Gasteiger partial charge in [-0.25, -0.2) is 0 Å². The Hall–Kier alpha value is -0.700. The molecule has 0 aliphatic rings. The van der Waals surface area contributed by atoms with E-state index in [0.717, 1.165) is 0 Å². The third-order valence-corrected chi connectivity index (χ3v) is 1.89. The molecule has 4 nitrogen and oxygen atoms in total. The van der Waals surface area contributed by atoms with Crippen molar-refractivity contribution in [2.24, 2.45) is 0 Å². The molecule has 0 aliphatic carbocycles. The van der Waals surface area contributed by atoms with Gasteiger partial charge in [0.05, 0.1) is 11.5 Å². The molecule has 1 heterocycles. The molecule has 5 heteroatoms. The van der Waals surface area contributed by atoms with Crippen LogP contribution in [0.2, 0.25) is 0 Å². The summed E-state index contributed by atoms with van der Waals surface area (Å²) in [6.45, 7) is 0. The maximum atomic E-state index is 10.5. The summed E-state index contributed by atoms with van der Waals surface area (Å²) in [5, 5.41) is -0.0532. The maximum absolute atomic E-state index is 10.5. The largest absolute Gasteiger partial charge is 0.356 e. The van der Waals surface area contributed by atoms with Gasteiger partial charge in [-0.15, -0.1) is 0 Å². The van der Waals surface area contributed by atoms with Crippen molar-refractivity contribution in [3.63, 3.8) is 0 Å². The molecule has 1 aromatic rings. The molecule has 1 aromatic heterocycles. The molecular weight excluding hydrogens is 153 g/mol. The zero-order valence-corrected chi connectivity index (χ0v) is 5.82. The zero-order valence-electron chi connectivity index (χ0n) is 4.93. The number of hydrogen-bond donors (Lipinski definition) is 2. The van der Waals surface area contributed by atoms with Gasteiger partial charge in [-0.2, -0.15) is 0 Å². The Bertz CT molecular complexity index is 255. The van der Waals surface area contributed by atoms with Gasteiger partial charge in [0.2, 0.25) is 0 Å². The standard InChI is InChI=1S/C5H5NO3P/c7-10(8,9)5-1-3-6-4-2-5/h1-3H,(H2,7,8,9). The molecule has 2 N–H and O–H groups in total. The molecule has 0 fully saturated rings. The molecule has 10 heavy (non-hydrogen) atoms. The number of pyridine rings is 1. The number of hydrogen-bond acceptors (Lipinski definition) is 2. The average molecular weight is 158 g/mol. The fourth-order valence-electron chi connectivity index (χ4n) is 0.489. The maximum Gasteiger partial charge on any atom is 0.356 e. The van der Waals surface area contributed by atoms with Gasteiger partial charge in [0, 0.05) is 6.20 Å². The highest BCUT2D eigenvalue weighted by Crippen LogP contribution is 2.32. The molecular formula is C5H5NO3P. The lowest BCUT2D eigenvalue weighted by atomic mass is 10.5. The first-order valence-corrected chi connectivity index (χ1v) is 4.10. The van der Waals surface area contributed by atoms with E-state index in [2.05, 4.69) is 11.2 Å². The average Bonchev–Trinajstić information content (AvgIpc) is 1.88. The Morgan fingerprint density at radius 2 is 2.30 bits per heavy atom. The van der Waals surface area contributed by atoms with Crippen LogP contribution in [0.4, 0.5) is 0 Å². The van der Waals surface area contributed by atoms with Crippen LogP contribution in [0.1, 0.15) is 0 Å². The SMILES string of the molecule is O=P(O)(O)c1c[c]ncc1. The molecule has 0 saturated heterocycles. The minimum atomic E-state index is -4.09. The Balaban J connectivity index is 3.09. The number of aromatic nitrogens is 1. The smallest absolute Gasteiger partial charge is 0.321 e. The molecule has 0 aromatic carbocycles. The van der Waals surface area contributed by atoms with Crippen LogP contribution in [-0.2, 0) is 4.57 Å². The van der Waals surface area contributed by atoms with Crippen LogP contribution in [0, 0.1) is 6.20 Å². The highest BCUT2D eigenvalue weighted by Gasteiger charge is 2.15. The summed E-state index contributed by atoms with van der Waals surface area (Å²) in [5.74, 6) is 0. The van der Waals surface area contributed by atoms with Gasteiger partial charge in [-0.3, -0.25) is 9.55 Å². The van der Waals surface area contributed by atoms with Crippen LogP contribution in [0.15, 0.2) is 18.3 Å². The van der Waals surface area contributed by atoms with E-state index in [0.29, 0.717) is 0 Å². The molecule has 1 rings (SSSR count). The first-order valence-electron chi connectivity index (χ1n) is 2.49. The van der Waals surface area contributed by atoms with E-state index in [1.807, 2.05) is 0 Å². The first kappa shape index (κ1) is 7.41. The summed E-state index contributed by atoms with van der Waals surface area (Å²) in [6, 6.07) is 2.43.